The Bertz CT molecular complexity index is 422. The summed E-state index contributed by atoms with van der Waals surface area (Å²) in [5.74, 6) is 0.660. The van der Waals surface area contributed by atoms with E-state index in [2.05, 4.69) is 30.7 Å². The smallest absolute Gasteiger partial charge is 0.272 e. The summed E-state index contributed by atoms with van der Waals surface area (Å²) in [7, 11) is 1.87. The number of nitrogens with zero attached hydrogens (tertiary/aromatic N) is 3. The quantitative estimate of drug-likeness (QED) is 0.804. The van der Waals surface area contributed by atoms with Crippen LogP contribution in [0.15, 0.2) is 12.5 Å². The van der Waals surface area contributed by atoms with E-state index in [4.69, 9.17) is 0 Å². The highest BCUT2D eigenvalue weighted by atomic mass is 16.2. The number of aryl methyl sites for hydroxylation is 1. The summed E-state index contributed by atoms with van der Waals surface area (Å²) in [4.78, 5) is 18.8. The Balaban J connectivity index is 2.20. The standard InChI is InChI=1S/C14H23N3O/c1-5-10(2)11(3)17(12-6-7-12)14(18)13-8-15-9-16(13)4/h8-12H,5-7H2,1-4H3/t10-,11-/m0/s1. The van der Waals surface area contributed by atoms with Crippen LogP contribution in [0, 0.1) is 5.92 Å². The van der Waals surface area contributed by atoms with Gasteiger partial charge in [-0.1, -0.05) is 20.3 Å². The first-order valence-electron chi connectivity index (χ1n) is 6.85. The number of rotatable bonds is 5. The molecule has 0 aliphatic heterocycles. The van der Waals surface area contributed by atoms with Crippen molar-refractivity contribution in [3.8, 4) is 0 Å². The van der Waals surface area contributed by atoms with Crippen molar-refractivity contribution in [1.29, 1.82) is 0 Å². The molecule has 2 rings (SSSR count). The van der Waals surface area contributed by atoms with Crippen LogP contribution in [0.25, 0.3) is 0 Å². The molecular formula is C14H23N3O. The van der Waals surface area contributed by atoms with Crippen molar-refractivity contribution in [1.82, 2.24) is 14.5 Å². The van der Waals surface area contributed by atoms with E-state index in [-0.39, 0.29) is 5.91 Å². The highest BCUT2D eigenvalue weighted by Gasteiger charge is 2.38. The lowest BCUT2D eigenvalue weighted by atomic mass is 9.98. The molecule has 18 heavy (non-hydrogen) atoms. The van der Waals surface area contributed by atoms with Crippen LogP contribution in [0.2, 0.25) is 0 Å². The Kier molecular flexibility index (Phi) is 3.73. The second kappa shape index (κ2) is 5.12. The summed E-state index contributed by atoms with van der Waals surface area (Å²) in [5.41, 5.74) is 0.692. The van der Waals surface area contributed by atoms with Crippen LogP contribution in [0.3, 0.4) is 0 Å². The van der Waals surface area contributed by atoms with Gasteiger partial charge >= 0.3 is 0 Å². The molecule has 1 saturated carbocycles. The highest BCUT2D eigenvalue weighted by Crippen LogP contribution is 2.32. The average Bonchev–Trinajstić information content (AvgIpc) is 3.09. The first-order valence-corrected chi connectivity index (χ1v) is 6.85. The van der Waals surface area contributed by atoms with Crippen molar-refractivity contribution in [3.63, 3.8) is 0 Å². The molecule has 1 aromatic rings. The van der Waals surface area contributed by atoms with Crippen molar-refractivity contribution in [2.45, 2.75) is 52.1 Å². The molecule has 0 spiro atoms. The third-order valence-electron chi connectivity index (χ3n) is 4.12. The topological polar surface area (TPSA) is 38.1 Å². The predicted octanol–water partition coefficient (Wildman–Crippen LogP) is 2.46. The number of hydrogen-bond acceptors (Lipinski definition) is 2. The van der Waals surface area contributed by atoms with Crippen molar-refractivity contribution in [2.24, 2.45) is 13.0 Å². The first-order chi connectivity index (χ1) is 8.56. The molecule has 1 fully saturated rings. The molecule has 0 N–H and O–H groups in total. The number of carbonyl (C=O) groups excluding carboxylic acids is 1. The van der Waals surface area contributed by atoms with Crippen LogP contribution >= 0.6 is 0 Å². The van der Waals surface area contributed by atoms with Crippen molar-refractivity contribution in [3.05, 3.63) is 18.2 Å². The van der Waals surface area contributed by atoms with E-state index in [1.165, 1.54) is 0 Å². The Hall–Kier alpha value is -1.32. The lowest BCUT2D eigenvalue weighted by Gasteiger charge is -2.33. The van der Waals surface area contributed by atoms with E-state index in [1.54, 1.807) is 17.1 Å². The summed E-state index contributed by atoms with van der Waals surface area (Å²) in [6.45, 7) is 6.57. The largest absolute Gasteiger partial charge is 0.331 e. The van der Waals surface area contributed by atoms with Gasteiger partial charge in [-0.3, -0.25) is 4.79 Å². The Morgan fingerprint density at radius 2 is 2.22 bits per heavy atom. The number of hydrogen-bond donors (Lipinski definition) is 0. The van der Waals surface area contributed by atoms with Gasteiger partial charge in [0.15, 0.2) is 0 Å². The Morgan fingerprint density at radius 3 is 2.67 bits per heavy atom. The molecule has 4 heteroatoms. The maximum atomic E-state index is 12.6. The van der Waals surface area contributed by atoms with Gasteiger partial charge in [0.1, 0.15) is 5.69 Å². The van der Waals surface area contributed by atoms with Gasteiger partial charge < -0.3 is 9.47 Å². The van der Waals surface area contributed by atoms with E-state index in [1.807, 2.05) is 7.05 Å². The molecule has 0 aromatic carbocycles. The minimum atomic E-state index is 0.130. The Labute approximate surface area is 109 Å². The third kappa shape index (κ3) is 2.42. The SMILES string of the molecule is CC[C@H](C)[C@H](C)N(C(=O)c1cncn1C)C1CC1. The van der Waals surface area contributed by atoms with Crippen LogP contribution in [0.1, 0.15) is 50.5 Å². The Morgan fingerprint density at radius 1 is 1.56 bits per heavy atom. The predicted molar refractivity (Wildman–Crippen MR) is 71.3 cm³/mol. The maximum Gasteiger partial charge on any atom is 0.272 e. The monoisotopic (exact) mass is 249 g/mol. The minimum absolute atomic E-state index is 0.130. The molecule has 1 heterocycles. The van der Waals surface area contributed by atoms with Gasteiger partial charge in [0.05, 0.1) is 12.5 Å². The van der Waals surface area contributed by atoms with Gasteiger partial charge in [0.2, 0.25) is 0 Å². The van der Waals surface area contributed by atoms with Crippen LogP contribution in [0.5, 0.6) is 0 Å². The van der Waals surface area contributed by atoms with Crippen LogP contribution < -0.4 is 0 Å². The maximum absolute atomic E-state index is 12.6. The molecule has 1 aliphatic carbocycles. The van der Waals surface area contributed by atoms with Crippen LogP contribution in [-0.4, -0.2) is 32.4 Å². The molecule has 1 aliphatic rings. The van der Waals surface area contributed by atoms with Gasteiger partial charge in [-0.15, -0.1) is 0 Å². The summed E-state index contributed by atoms with van der Waals surface area (Å²) in [6.07, 6.45) is 6.74. The third-order valence-corrected chi connectivity index (χ3v) is 4.12. The minimum Gasteiger partial charge on any atom is -0.331 e. The summed E-state index contributed by atoms with van der Waals surface area (Å²) >= 11 is 0. The van der Waals surface area contributed by atoms with Gasteiger partial charge in [-0.25, -0.2) is 4.98 Å². The van der Waals surface area contributed by atoms with Crippen molar-refractivity contribution in [2.75, 3.05) is 0 Å². The lowest BCUT2D eigenvalue weighted by molar-refractivity contribution is 0.0606. The molecule has 0 unspecified atom stereocenters. The highest BCUT2D eigenvalue weighted by molar-refractivity contribution is 5.93. The lowest BCUT2D eigenvalue weighted by Crippen LogP contribution is -2.44. The van der Waals surface area contributed by atoms with Crippen LogP contribution in [0.4, 0.5) is 0 Å². The van der Waals surface area contributed by atoms with Crippen LogP contribution in [-0.2, 0) is 7.05 Å². The molecule has 100 valence electrons. The van der Waals surface area contributed by atoms with Gasteiger partial charge in [0, 0.05) is 19.1 Å². The fourth-order valence-electron chi connectivity index (χ4n) is 2.35. The second-order valence-electron chi connectivity index (χ2n) is 5.46. The summed E-state index contributed by atoms with van der Waals surface area (Å²) in [5, 5.41) is 0. The number of imidazole rings is 1. The van der Waals surface area contributed by atoms with Crippen molar-refractivity contribution >= 4 is 5.91 Å². The number of amides is 1. The molecule has 0 bridgehead atoms. The van der Waals surface area contributed by atoms with E-state index in [9.17, 15) is 4.79 Å². The second-order valence-corrected chi connectivity index (χ2v) is 5.46. The van der Waals surface area contributed by atoms with Gasteiger partial charge in [-0.2, -0.15) is 0 Å². The number of carbonyl (C=O) groups is 1. The summed E-state index contributed by atoms with van der Waals surface area (Å²) in [6, 6.07) is 0.737. The van der Waals surface area contributed by atoms with Gasteiger partial charge in [0.25, 0.3) is 5.91 Å². The van der Waals surface area contributed by atoms with Crippen molar-refractivity contribution < 1.29 is 4.79 Å². The molecule has 2 atom stereocenters. The van der Waals surface area contributed by atoms with E-state index >= 15 is 0 Å². The molecule has 1 aromatic heterocycles. The van der Waals surface area contributed by atoms with E-state index in [0.717, 1.165) is 19.3 Å². The number of aromatic nitrogens is 2. The molecule has 4 nitrogen and oxygen atoms in total. The zero-order chi connectivity index (χ0) is 13.3. The zero-order valence-electron chi connectivity index (χ0n) is 11.8. The first kappa shape index (κ1) is 13.1. The molecule has 0 saturated heterocycles. The molecule has 1 amide bonds. The molecule has 0 radical (unpaired) electrons. The normalized spacial score (nSPS) is 18.4. The zero-order valence-corrected chi connectivity index (χ0v) is 11.8. The van der Waals surface area contributed by atoms with E-state index < -0.39 is 0 Å². The average molecular weight is 249 g/mol. The fourth-order valence-corrected chi connectivity index (χ4v) is 2.35. The molecular weight excluding hydrogens is 226 g/mol. The van der Waals surface area contributed by atoms with E-state index in [0.29, 0.717) is 23.7 Å². The summed E-state index contributed by atoms with van der Waals surface area (Å²) < 4.78 is 1.81. The van der Waals surface area contributed by atoms with Gasteiger partial charge in [-0.05, 0) is 25.7 Å². The fraction of sp³-hybridized carbons (Fsp3) is 0.714.